The Morgan fingerprint density at radius 3 is 3.00 bits per heavy atom. The number of thioether (sulfide) groups is 1. The van der Waals surface area contributed by atoms with Crippen LogP contribution in [0, 0.1) is 0 Å². The molecule has 0 bridgehead atoms. The fourth-order valence-corrected chi connectivity index (χ4v) is 4.32. The zero-order valence-corrected chi connectivity index (χ0v) is 16.4. The van der Waals surface area contributed by atoms with E-state index in [0.717, 1.165) is 52.6 Å². The zero-order chi connectivity index (χ0) is 18.8. The maximum absolute atomic E-state index is 6.16. The van der Waals surface area contributed by atoms with Crippen LogP contribution in [-0.4, -0.2) is 40.1 Å². The second kappa shape index (κ2) is 7.73. The SMILES string of the molecule is c1ccc2[nH]c(SCc3cc(OC4CCOC5(CCC5)OC4)ccn3)nc2c1. The monoisotopic (exact) mass is 397 g/mol. The van der Waals surface area contributed by atoms with Crippen molar-refractivity contribution >= 4 is 22.8 Å². The molecular weight excluding hydrogens is 374 g/mol. The van der Waals surface area contributed by atoms with Gasteiger partial charge in [-0.1, -0.05) is 23.9 Å². The molecule has 1 atom stereocenters. The minimum atomic E-state index is -0.329. The smallest absolute Gasteiger partial charge is 0.168 e. The molecule has 3 aromatic rings. The number of aromatic amines is 1. The summed E-state index contributed by atoms with van der Waals surface area (Å²) in [6, 6.07) is 11.9. The Kier molecular flexibility index (Phi) is 4.96. The number of pyridine rings is 1. The lowest BCUT2D eigenvalue weighted by Gasteiger charge is -2.39. The van der Waals surface area contributed by atoms with Crippen LogP contribution in [0.25, 0.3) is 11.0 Å². The van der Waals surface area contributed by atoms with Crippen molar-refractivity contribution in [3.05, 3.63) is 48.3 Å². The van der Waals surface area contributed by atoms with E-state index >= 15 is 0 Å². The van der Waals surface area contributed by atoms with Crippen molar-refractivity contribution in [3.8, 4) is 5.75 Å². The summed E-state index contributed by atoms with van der Waals surface area (Å²) >= 11 is 1.64. The number of nitrogens with zero attached hydrogens (tertiary/aromatic N) is 2. The molecular formula is C21H23N3O3S. The van der Waals surface area contributed by atoms with Gasteiger partial charge in [0.05, 0.1) is 29.9 Å². The van der Waals surface area contributed by atoms with Gasteiger partial charge in [-0.3, -0.25) is 4.98 Å². The number of nitrogens with one attached hydrogen (secondary N) is 1. The topological polar surface area (TPSA) is 69.3 Å². The molecule has 2 aliphatic rings. The van der Waals surface area contributed by atoms with Crippen molar-refractivity contribution in [2.75, 3.05) is 13.2 Å². The van der Waals surface area contributed by atoms with Crippen molar-refractivity contribution < 1.29 is 14.2 Å². The highest BCUT2D eigenvalue weighted by Crippen LogP contribution is 2.38. The third-order valence-corrected chi connectivity index (χ3v) is 6.17. The van der Waals surface area contributed by atoms with E-state index in [2.05, 4.69) is 15.0 Å². The Morgan fingerprint density at radius 1 is 1.21 bits per heavy atom. The molecule has 28 heavy (non-hydrogen) atoms. The number of fused-ring (bicyclic) bond motifs is 1. The number of imidazole rings is 1. The molecule has 0 radical (unpaired) electrons. The Hall–Kier alpha value is -2.09. The highest BCUT2D eigenvalue weighted by atomic mass is 32.2. The summed E-state index contributed by atoms with van der Waals surface area (Å²) < 4.78 is 18.1. The van der Waals surface area contributed by atoms with Gasteiger partial charge in [0.15, 0.2) is 10.9 Å². The van der Waals surface area contributed by atoms with Crippen molar-refractivity contribution in [2.24, 2.45) is 0 Å². The van der Waals surface area contributed by atoms with Crippen molar-refractivity contribution in [1.29, 1.82) is 0 Å². The summed E-state index contributed by atoms with van der Waals surface area (Å²) in [5.41, 5.74) is 2.99. The van der Waals surface area contributed by atoms with Crippen LogP contribution in [0.3, 0.4) is 0 Å². The highest BCUT2D eigenvalue weighted by Gasteiger charge is 2.41. The van der Waals surface area contributed by atoms with E-state index in [0.29, 0.717) is 13.2 Å². The van der Waals surface area contributed by atoms with Crippen LogP contribution in [0.1, 0.15) is 31.4 Å². The van der Waals surface area contributed by atoms with Crippen LogP contribution in [0.5, 0.6) is 5.75 Å². The lowest BCUT2D eigenvalue weighted by atomic mass is 9.91. The first-order valence-electron chi connectivity index (χ1n) is 9.75. The van der Waals surface area contributed by atoms with E-state index in [9.17, 15) is 0 Å². The fourth-order valence-electron chi connectivity index (χ4n) is 3.53. The van der Waals surface area contributed by atoms with Gasteiger partial charge in [-0.25, -0.2) is 4.98 Å². The first kappa shape index (κ1) is 18.0. The van der Waals surface area contributed by atoms with E-state index in [1.54, 1.807) is 18.0 Å². The van der Waals surface area contributed by atoms with Crippen LogP contribution >= 0.6 is 11.8 Å². The predicted molar refractivity (Wildman–Crippen MR) is 107 cm³/mol. The van der Waals surface area contributed by atoms with Crippen LogP contribution in [0.2, 0.25) is 0 Å². The van der Waals surface area contributed by atoms with E-state index in [1.807, 2.05) is 36.4 Å². The minimum absolute atomic E-state index is 0.0123. The van der Waals surface area contributed by atoms with Crippen molar-refractivity contribution in [3.63, 3.8) is 0 Å². The Morgan fingerprint density at radius 2 is 2.14 bits per heavy atom. The maximum atomic E-state index is 6.16. The summed E-state index contributed by atoms with van der Waals surface area (Å²) in [6.45, 7) is 1.26. The molecule has 6 nitrogen and oxygen atoms in total. The average Bonchev–Trinajstić information content (AvgIpc) is 2.98. The minimum Gasteiger partial charge on any atom is -0.488 e. The van der Waals surface area contributed by atoms with Crippen LogP contribution in [0.15, 0.2) is 47.8 Å². The van der Waals surface area contributed by atoms with E-state index in [4.69, 9.17) is 14.2 Å². The molecule has 5 rings (SSSR count). The lowest BCUT2D eigenvalue weighted by molar-refractivity contribution is -0.268. The first-order valence-corrected chi connectivity index (χ1v) is 10.7. The van der Waals surface area contributed by atoms with Gasteiger partial charge in [0, 0.05) is 37.3 Å². The predicted octanol–water partition coefficient (Wildman–Crippen LogP) is 4.31. The number of benzene rings is 1. The standard InChI is InChI=1S/C21H23N3O3S/c1-2-5-19-18(4-1)23-20(24-19)28-14-15-12-16(6-10-22-15)27-17-7-11-25-21(26-13-17)8-3-9-21/h1-2,4-6,10,12,17H,3,7-9,11,13-14H2,(H,23,24). The van der Waals surface area contributed by atoms with Crippen LogP contribution < -0.4 is 4.74 Å². The third kappa shape index (κ3) is 3.87. The molecule has 3 heterocycles. The summed E-state index contributed by atoms with van der Waals surface area (Å²) in [7, 11) is 0. The molecule has 146 valence electrons. The number of hydrogen-bond acceptors (Lipinski definition) is 6. The second-order valence-electron chi connectivity index (χ2n) is 7.28. The van der Waals surface area contributed by atoms with Gasteiger partial charge in [-0.05, 0) is 24.6 Å². The Labute approximate surface area is 168 Å². The van der Waals surface area contributed by atoms with Crippen molar-refractivity contribution in [2.45, 2.75) is 48.5 Å². The molecule has 1 saturated carbocycles. The third-order valence-electron chi connectivity index (χ3n) is 5.27. The summed E-state index contributed by atoms with van der Waals surface area (Å²) in [6.07, 6.45) is 5.83. The molecule has 1 aromatic carbocycles. The van der Waals surface area contributed by atoms with Crippen LogP contribution in [-0.2, 0) is 15.2 Å². The van der Waals surface area contributed by atoms with Crippen LogP contribution in [0.4, 0.5) is 0 Å². The van der Waals surface area contributed by atoms with E-state index < -0.39 is 0 Å². The average molecular weight is 398 g/mol. The molecule has 0 amide bonds. The normalized spacial score (nSPS) is 21.4. The maximum Gasteiger partial charge on any atom is 0.168 e. The summed E-state index contributed by atoms with van der Waals surface area (Å²) in [4.78, 5) is 12.4. The summed E-state index contributed by atoms with van der Waals surface area (Å²) in [5.74, 6) is 1.23. The molecule has 7 heteroatoms. The van der Waals surface area contributed by atoms with Gasteiger partial charge in [0.2, 0.25) is 0 Å². The number of ether oxygens (including phenoxy) is 3. The number of H-pyrrole nitrogens is 1. The van der Waals surface area contributed by atoms with Gasteiger partial charge < -0.3 is 19.2 Å². The molecule has 2 fully saturated rings. The lowest BCUT2D eigenvalue weighted by Crippen LogP contribution is -2.42. The number of para-hydroxylation sites is 2. The van der Waals surface area contributed by atoms with Gasteiger partial charge in [0.1, 0.15) is 11.9 Å². The Balaban J connectivity index is 1.20. The zero-order valence-electron chi connectivity index (χ0n) is 15.6. The molecule has 1 N–H and O–H groups in total. The second-order valence-corrected chi connectivity index (χ2v) is 8.25. The van der Waals surface area contributed by atoms with Gasteiger partial charge in [0.25, 0.3) is 0 Å². The van der Waals surface area contributed by atoms with Crippen molar-refractivity contribution in [1.82, 2.24) is 15.0 Å². The molecule has 1 spiro atoms. The molecule has 1 aliphatic carbocycles. The molecule has 1 unspecified atom stereocenters. The Bertz CT molecular complexity index is 924. The van der Waals surface area contributed by atoms with E-state index in [-0.39, 0.29) is 11.9 Å². The first-order chi connectivity index (χ1) is 13.8. The van der Waals surface area contributed by atoms with E-state index in [1.165, 1.54) is 6.42 Å². The van der Waals surface area contributed by atoms with Gasteiger partial charge >= 0.3 is 0 Å². The molecule has 2 aromatic heterocycles. The quantitative estimate of drug-likeness (QED) is 0.647. The number of hydrogen-bond donors (Lipinski definition) is 1. The van der Waals surface area contributed by atoms with Gasteiger partial charge in [-0.2, -0.15) is 0 Å². The fraction of sp³-hybridized carbons (Fsp3) is 0.429. The molecule has 1 aliphatic heterocycles. The van der Waals surface area contributed by atoms with Gasteiger partial charge in [-0.15, -0.1) is 0 Å². The number of aromatic nitrogens is 3. The summed E-state index contributed by atoms with van der Waals surface area (Å²) in [5, 5.41) is 0.898. The highest BCUT2D eigenvalue weighted by molar-refractivity contribution is 7.98. The largest absolute Gasteiger partial charge is 0.488 e. The number of rotatable bonds is 5. The molecule has 1 saturated heterocycles.